The molecule has 0 atom stereocenters. The van der Waals surface area contributed by atoms with Crippen LogP contribution >= 0.6 is 0 Å². The average Bonchev–Trinajstić information content (AvgIpc) is 3.40. The van der Waals surface area contributed by atoms with E-state index in [2.05, 4.69) is 54.3 Å². The molecule has 202 valence electrons. The van der Waals surface area contributed by atoms with Crippen molar-refractivity contribution in [1.29, 1.82) is 0 Å². The van der Waals surface area contributed by atoms with Crippen LogP contribution in [-0.4, -0.2) is 62.1 Å². The zero-order valence-corrected chi connectivity index (χ0v) is 22.7. The van der Waals surface area contributed by atoms with Gasteiger partial charge in [-0.25, -0.2) is 0 Å². The maximum Gasteiger partial charge on any atom is 0.276 e. The summed E-state index contributed by atoms with van der Waals surface area (Å²) < 4.78 is 0. The van der Waals surface area contributed by atoms with Gasteiger partial charge < -0.3 is 5.32 Å². The number of benzene rings is 1. The Kier molecular flexibility index (Phi) is 7.65. The molecule has 0 unspecified atom stereocenters. The summed E-state index contributed by atoms with van der Waals surface area (Å²) in [6.07, 6.45) is 11.9. The van der Waals surface area contributed by atoms with Crippen LogP contribution in [-0.2, 0) is 13.1 Å². The van der Waals surface area contributed by atoms with Crippen molar-refractivity contribution in [3.63, 3.8) is 0 Å². The molecule has 0 aliphatic carbocycles. The summed E-state index contributed by atoms with van der Waals surface area (Å²) in [7, 11) is 0. The number of aromatic amines is 1. The highest BCUT2D eigenvalue weighted by molar-refractivity contribution is 6.11. The number of likely N-dealkylation sites (tertiary alicyclic amines) is 2. The largest absolute Gasteiger partial charge is 0.319 e. The van der Waals surface area contributed by atoms with E-state index in [0.29, 0.717) is 11.4 Å². The van der Waals surface area contributed by atoms with E-state index >= 15 is 0 Å². The van der Waals surface area contributed by atoms with Gasteiger partial charge in [0.25, 0.3) is 5.91 Å². The van der Waals surface area contributed by atoms with Gasteiger partial charge in [0.2, 0.25) is 0 Å². The number of rotatable bonds is 7. The fourth-order valence-corrected chi connectivity index (χ4v) is 5.71. The number of amides is 1. The van der Waals surface area contributed by atoms with Crippen molar-refractivity contribution in [3.05, 3.63) is 71.9 Å². The number of pyridine rings is 2. The van der Waals surface area contributed by atoms with E-state index in [1.165, 1.54) is 37.7 Å². The predicted molar refractivity (Wildman–Crippen MR) is 154 cm³/mol. The number of hydrogen-bond acceptors (Lipinski definition) is 6. The van der Waals surface area contributed by atoms with Gasteiger partial charge in [0.05, 0.1) is 23.1 Å². The summed E-state index contributed by atoms with van der Waals surface area (Å²) in [6, 6.07) is 12.2. The molecule has 6 rings (SSSR count). The van der Waals surface area contributed by atoms with Gasteiger partial charge in [-0.05, 0) is 99.2 Å². The molecule has 0 radical (unpaired) electrons. The van der Waals surface area contributed by atoms with E-state index in [9.17, 15) is 4.79 Å². The number of H-pyrrole nitrogens is 1. The van der Waals surface area contributed by atoms with Crippen LogP contribution in [0.25, 0.3) is 22.0 Å². The number of carbonyl (C=O) groups excluding carboxylic acids is 1. The first-order valence-corrected chi connectivity index (χ1v) is 14.2. The first-order valence-electron chi connectivity index (χ1n) is 14.2. The SMILES string of the molecule is CC1CCN(Cc2cncc(-c3ccc4[nH]nc(C(=O)Nc5ccc(CN6CCCCC6)nc5)c4c3)c2)CC1. The summed E-state index contributed by atoms with van der Waals surface area (Å²) in [4.78, 5) is 27.3. The van der Waals surface area contributed by atoms with Gasteiger partial charge in [0, 0.05) is 36.4 Å². The molecule has 2 fully saturated rings. The van der Waals surface area contributed by atoms with Gasteiger partial charge >= 0.3 is 0 Å². The molecule has 2 aliphatic rings. The van der Waals surface area contributed by atoms with Crippen LogP contribution in [0.4, 0.5) is 5.69 Å². The first-order chi connectivity index (χ1) is 19.1. The summed E-state index contributed by atoms with van der Waals surface area (Å²) in [5, 5.41) is 11.1. The summed E-state index contributed by atoms with van der Waals surface area (Å²) in [5.41, 5.74) is 6.16. The van der Waals surface area contributed by atoms with E-state index in [4.69, 9.17) is 0 Å². The molecule has 4 aromatic rings. The van der Waals surface area contributed by atoms with Crippen molar-refractivity contribution < 1.29 is 4.79 Å². The smallest absolute Gasteiger partial charge is 0.276 e. The summed E-state index contributed by atoms with van der Waals surface area (Å²) >= 11 is 0. The van der Waals surface area contributed by atoms with Crippen LogP contribution in [0.3, 0.4) is 0 Å². The highest BCUT2D eigenvalue weighted by Crippen LogP contribution is 2.27. The Morgan fingerprint density at radius 1 is 0.923 bits per heavy atom. The third kappa shape index (κ3) is 6.18. The van der Waals surface area contributed by atoms with Crippen LogP contribution in [0.15, 0.2) is 55.0 Å². The molecule has 2 N–H and O–H groups in total. The maximum atomic E-state index is 13.2. The fraction of sp³-hybridized carbons (Fsp3) is 0.419. The first kappa shape index (κ1) is 25.6. The van der Waals surface area contributed by atoms with Crippen LogP contribution in [0.2, 0.25) is 0 Å². The van der Waals surface area contributed by atoms with E-state index in [1.54, 1.807) is 6.20 Å². The van der Waals surface area contributed by atoms with Gasteiger partial charge in [-0.2, -0.15) is 5.10 Å². The monoisotopic (exact) mass is 523 g/mol. The fourth-order valence-electron chi connectivity index (χ4n) is 5.71. The Labute approximate surface area is 229 Å². The third-order valence-electron chi connectivity index (χ3n) is 8.11. The molecule has 1 amide bonds. The highest BCUT2D eigenvalue weighted by Gasteiger charge is 2.18. The van der Waals surface area contributed by atoms with Crippen molar-refractivity contribution in [3.8, 4) is 11.1 Å². The second-order valence-corrected chi connectivity index (χ2v) is 11.2. The van der Waals surface area contributed by atoms with Crippen molar-refractivity contribution in [2.75, 3.05) is 31.5 Å². The predicted octanol–water partition coefficient (Wildman–Crippen LogP) is 5.49. The van der Waals surface area contributed by atoms with Crippen molar-refractivity contribution in [2.45, 2.75) is 52.1 Å². The Bertz CT molecular complexity index is 1420. The molecular formula is C31H37N7O. The molecule has 0 spiro atoms. The minimum Gasteiger partial charge on any atom is -0.319 e. The van der Waals surface area contributed by atoms with Crippen molar-refractivity contribution >= 4 is 22.5 Å². The molecule has 5 heterocycles. The minimum atomic E-state index is -0.254. The lowest BCUT2D eigenvalue weighted by Gasteiger charge is -2.30. The molecule has 0 bridgehead atoms. The van der Waals surface area contributed by atoms with Crippen LogP contribution in [0.1, 0.15) is 60.8 Å². The number of nitrogens with one attached hydrogen (secondary N) is 2. The molecule has 0 saturated carbocycles. The van der Waals surface area contributed by atoms with Crippen LogP contribution in [0.5, 0.6) is 0 Å². The lowest BCUT2D eigenvalue weighted by molar-refractivity contribution is 0.102. The zero-order chi connectivity index (χ0) is 26.6. The molecule has 8 nitrogen and oxygen atoms in total. The van der Waals surface area contributed by atoms with Crippen LogP contribution < -0.4 is 5.32 Å². The number of hydrogen-bond donors (Lipinski definition) is 2. The summed E-state index contributed by atoms with van der Waals surface area (Å²) in [5.74, 6) is 0.564. The molecule has 3 aromatic heterocycles. The van der Waals surface area contributed by atoms with E-state index in [1.807, 2.05) is 36.7 Å². The van der Waals surface area contributed by atoms with Crippen molar-refractivity contribution in [2.24, 2.45) is 5.92 Å². The minimum absolute atomic E-state index is 0.254. The number of aromatic nitrogens is 4. The van der Waals surface area contributed by atoms with Gasteiger partial charge in [-0.3, -0.25) is 29.7 Å². The van der Waals surface area contributed by atoms with E-state index in [-0.39, 0.29) is 5.91 Å². The molecule has 1 aromatic carbocycles. The van der Waals surface area contributed by atoms with Gasteiger partial charge in [0.1, 0.15) is 0 Å². The third-order valence-corrected chi connectivity index (χ3v) is 8.11. The lowest BCUT2D eigenvalue weighted by Crippen LogP contribution is -2.32. The Morgan fingerprint density at radius 2 is 1.74 bits per heavy atom. The number of carbonyl (C=O) groups is 1. The zero-order valence-electron chi connectivity index (χ0n) is 22.7. The topological polar surface area (TPSA) is 90.0 Å². The Balaban J connectivity index is 1.15. The van der Waals surface area contributed by atoms with Crippen molar-refractivity contribution in [1.82, 2.24) is 30.0 Å². The number of anilines is 1. The molecular weight excluding hydrogens is 486 g/mol. The molecule has 2 aliphatic heterocycles. The lowest BCUT2D eigenvalue weighted by atomic mass is 9.98. The number of piperidine rings is 2. The second-order valence-electron chi connectivity index (χ2n) is 11.2. The molecule has 8 heteroatoms. The normalized spacial score (nSPS) is 17.5. The quantitative estimate of drug-likeness (QED) is 0.333. The highest BCUT2D eigenvalue weighted by atomic mass is 16.1. The Morgan fingerprint density at radius 3 is 2.54 bits per heavy atom. The molecule has 2 saturated heterocycles. The van der Waals surface area contributed by atoms with Gasteiger partial charge in [0.15, 0.2) is 5.69 Å². The average molecular weight is 524 g/mol. The van der Waals surface area contributed by atoms with E-state index in [0.717, 1.165) is 72.9 Å². The number of fused-ring (bicyclic) bond motifs is 1. The van der Waals surface area contributed by atoms with E-state index < -0.39 is 0 Å². The number of nitrogens with zero attached hydrogens (tertiary/aromatic N) is 5. The van der Waals surface area contributed by atoms with Gasteiger partial charge in [-0.15, -0.1) is 0 Å². The summed E-state index contributed by atoms with van der Waals surface area (Å²) in [6.45, 7) is 8.65. The second kappa shape index (κ2) is 11.6. The van der Waals surface area contributed by atoms with Gasteiger partial charge in [-0.1, -0.05) is 19.4 Å². The Hall–Kier alpha value is -3.62. The molecule has 39 heavy (non-hydrogen) atoms. The maximum absolute atomic E-state index is 13.2. The standard InChI is InChI=1S/C31H37N7O/c1-22-9-13-38(14-10-22)20-23-15-25(18-32-17-23)24-5-8-29-28(16-24)30(36-35-29)31(39)34-26-6-7-27(33-19-26)21-37-11-3-2-4-12-37/h5-8,15-19,22H,2-4,9-14,20-21H2,1H3,(H,34,39)(H,35,36). The van der Waals surface area contributed by atoms with Crippen LogP contribution in [0, 0.1) is 5.92 Å².